The van der Waals surface area contributed by atoms with E-state index >= 15 is 0 Å². The number of unbranched alkanes of at least 4 members (excludes halogenated alkanes) is 26. The molecule has 0 saturated carbocycles. The Morgan fingerprint density at radius 3 is 0.947 bits per heavy atom. The van der Waals surface area contributed by atoms with Crippen LogP contribution in [-0.4, -0.2) is 29.9 Å². The standard InChI is InChI=1S/C32H66O4S.Na/c1-2-3-4-5-6-7-8-9-10-11-12-13-14-15-16-17-18-19-20-21-22-23-24-25-26-27-28-29-32(33)30-31-37(34,35)36;/h32-33H,2-31H2,1H3,(H,34,35,36);/q;+1/p-1. The molecule has 0 amide bonds. The van der Waals surface area contributed by atoms with E-state index in [2.05, 4.69) is 6.92 Å². The summed E-state index contributed by atoms with van der Waals surface area (Å²) in [6.45, 7) is 2.29. The summed E-state index contributed by atoms with van der Waals surface area (Å²) >= 11 is 0. The molecule has 0 aromatic rings. The predicted octanol–water partition coefficient (Wildman–Crippen LogP) is 7.23. The molecule has 0 aliphatic carbocycles. The molecule has 0 spiro atoms. The first-order valence-corrected chi connectivity index (χ1v) is 18.1. The van der Waals surface area contributed by atoms with Crippen LogP contribution in [0.1, 0.15) is 193 Å². The van der Waals surface area contributed by atoms with Crippen molar-refractivity contribution in [3.63, 3.8) is 0 Å². The summed E-state index contributed by atoms with van der Waals surface area (Å²) in [5.74, 6) is -0.451. The van der Waals surface area contributed by atoms with Gasteiger partial charge in [0, 0.05) is 5.75 Å². The van der Waals surface area contributed by atoms with E-state index in [0.29, 0.717) is 6.42 Å². The molecule has 0 rings (SSSR count). The third kappa shape index (κ3) is 36.9. The molecule has 0 aliphatic heterocycles. The van der Waals surface area contributed by atoms with Crippen LogP contribution in [0, 0.1) is 0 Å². The maximum absolute atomic E-state index is 10.6. The fourth-order valence-electron chi connectivity index (χ4n) is 5.30. The van der Waals surface area contributed by atoms with Gasteiger partial charge in [-0.3, -0.25) is 0 Å². The van der Waals surface area contributed by atoms with Crippen molar-refractivity contribution in [2.24, 2.45) is 0 Å². The summed E-state index contributed by atoms with van der Waals surface area (Å²) in [6.07, 6.45) is 37.2. The Morgan fingerprint density at radius 1 is 0.474 bits per heavy atom. The molecule has 0 aromatic heterocycles. The quantitative estimate of drug-likeness (QED) is 0.0544. The Labute approximate surface area is 261 Å². The van der Waals surface area contributed by atoms with Crippen LogP contribution in [0.5, 0.6) is 0 Å². The maximum Gasteiger partial charge on any atom is 1.00 e. The Kier molecular flexibility index (Phi) is 34.9. The number of hydrogen-bond donors (Lipinski definition) is 1. The van der Waals surface area contributed by atoms with Gasteiger partial charge in [-0.05, 0) is 12.8 Å². The minimum absolute atomic E-state index is 0. The van der Waals surface area contributed by atoms with Crippen molar-refractivity contribution < 1.29 is 47.6 Å². The van der Waals surface area contributed by atoms with Crippen LogP contribution in [0.2, 0.25) is 0 Å². The second-order valence-electron chi connectivity index (χ2n) is 11.7. The Morgan fingerprint density at radius 2 is 0.711 bits per heavy atom. The molecule has 0 heterocycles. The first kappa shape index (κ1) is 41.0. The molecule has 0 saturated heterocycles. The maximum atomic E-state index is 10.6. The van der Waals surface area contributed by atoms with E-state index in [4.69, 9.17) is 0 Å². The normalized spacial score (nSPS) is 12.5. The third-order valence-electron chi connectivity index (χ3n) is 7.84. The zero-order chi connectivity index (χ0) is 27.3. The van der Waals surface area contributed by atoms with Crippen molar-refractivity contribution in [1.29, 1.82) is 0 Å². The predicted molar refractivity (Wildman–Crippen MR) is 160 cm³/mol. The fraction of sp³-hybridized carbons (Fsp3) is 1.00. The fourth-order valence-corrected chi connectivity index (χ4v) is 5.86. The summed E-state index contributed by atoms with van der Waals surface area (Å²) in [5.41, 5.74) is 0. The first-order valence-electron chi connectivity index (χ1n) is 16.6. The van der Waals surface area contributed by atoms with Crippen molar-refractivity contribution in [3.8, 4) is 0 Å². The summed E-state index contributed by atoms with van der Waals surface area (Å²) < 4.78 is 31.7. The number of rotatable bonds is 31. The van der Waals surface area contributed by atoms with Gasteiger partial charge in [0.25, 0.3) is 0 Å². The SMILES string of the molecule is CCCCCCCCCCCCCCCCCCCCCCCCCCCCCC(O)CCS(=O)(=O)[O-].[Na+]. The van der Waals surface area contributed by atoms with E-state index in [1.54, 1.807) is 0 Å². The minimum Gasteiger partial charge on any atom is -0.748 e. The van der Waals surface area contributed by atoms with Gasteiger partial charge in [-0.15, -0.1) is 0 Å². The molecule has 0 bridgehead atoms. The molecule has 0 fully saturated rings. The van der Waals surface area contributed by atoms with Gasteiger partial charge >= 0.3 is 29.6 Å². The molecule has 1 unspecified atom stereocenters. The van der Waals surface area contributed by atoms with Gasteiger partial charge in [0.2, 0.25) is 0 Å². The van der Waals surface area contributed by atoms with Gasteiger partial charge < -0.3 is 9.66 Å². The summed E-state index contributed by atoms with van der Waals surface area (Å²) in [4.78, 5) is 0. The van der Waals surface area contributed by atoms with Crippen molar-refractivity contribution >= 4 is 10.1 Å². The molecule has 0 aromatic carbocycles. The topological polar surface area (TPSA) is 77.4 Å². The van der Waals surface area contributed by atoms with Crippen LogP contribution in [0.25, 0.3) is 0 Å². The van der Waals surface area contributed by atoms with Crippen LogP contribution in [0.4, 0.5) is 0 Å². The van der Waals surface area contributed by atoms with E-state index in [-0.39, 0.29) is 36.0 Å². The summed E-state index contributed by atoms with van der Waals surface area (Å²) in [6, 6.07) is 0. The smallest absolute Gasteiger partial charge is 0.748 e. The molecule has 6 heteroatoms. The van der Waals surface area contributed by atoms with Crippen molar-refractivity contribution in [2.45, 2.75) is 199 Å². The van der Waals surface area contributed by atoms with E-state index in [0.717, 1.165) is 12.8 Å². The molecular weight excluding hydrogens is 503 g/mol. The molecule has 4 nitrogen and oxygen atoms in total. The van der Waals surface area contributed by atoms with E-state index < -0.39 is 22.0 Å². The van der Waals surface area contributed by atoms with E-state index in [1.807, 2.05) is 0 Å². The van der Waals surface area contributed by atoms with Gasteiger partial charge in [-0.25, -0.2) is 8.42 Å². The minimum atomic E-state index is -4.20. The Balaban J connectivity index is 0. The number of aliphatic hydroxyl groups is 1. The summed E-state index contributed by atoms with van der Waals surface area (Å²) in [5, 5.41) is 9.70. The molecule has 1 N–H and O–H groups in total. The van der Waals surface area contributed by atoms with Crippen molar-refractivity contribution in [2.75, 3.05) is 5.75 Å². The number of aliphatic hydroxyl groups excluding tert-OH is 1. The molecule has 0 aliphatic rings. The average Bonchev–Trinajstić information content (AvgIpc) is 2.86. The van der Waals surface area contributed by atoms with Crippen LogP contribution < -0.4 is 29.6 Å². The average molecular weight is 569 g/mol. The van der Waals surface area contributed by atoms with Gasteiger partial charge in [0.1, 0.15) is 0 Å². The van der Waals surface area contributed by atoms with Crippen LogP contribution in [0.15, 0.2) is 0 Å². The Bertz CT molecular complexity index is 542. The summed E-state index contributed by atoms with van der Waals surface area (Å²) in [7, 11) is -4.20. The molecule has 1 atom stereocenters. The van der Waals surface area contributed by atoms with Crippen molar-refractivity contribution in [3.05, 3.63) is 0 Å². The second-order valence-corrected chi connectivity index (χ2v) is 13.2. The molecule has 38 heavy (non-hydrogen) atoms. The third-order valence-corrected chi connectivity index (χ3v) is 8.58. The van der Waals surface area contributed by atoms with Gasteiger partial charge in [0.15, 0.2) is 0 Å². The van der Waals surface area contributed by atoms with Crippen molar-refractivity contribution in [1.82, 2.24) is 0 Å². The van der Waals surface area contributed by atoms with E-state index in [9.17, 15) is 18.1 Å². The molecular formula is C32H65NaO4S. The van der Waals surface area contributed by atoms with Crippen LogP contribution in [-0.2, 0) is 10.1 Å². The number of hydrogen-bond acceptors (Lipinski definition) is 4. The largest absolute Gasteiger partial charge is 1.00 e. The second kappa shape index (κ2) is 32.4. The van der Waals surface area contributed by atoms with Crippen LogP contribution in [0.3, 0.4) is 0 Å². The monoisotopic (exact) mass is 568 g/mol. The van der Waals surface area contributed by atoms with Crippen LogP contribution >= 0.6 is 0 Å². The van der Waals surface area contributed by atoms with Gasteiger partial charge in [-0.2, -0.15) is 0 Å². The van der Waals surface area contributed by atoms with Gasteiger partial charge in [-0.1, -0.05) is 180 Å². The zero-order valence-electron chi connectivity index (χ0n) is 25.9. The molecule has 224 valence electrons. The van der Waals surface area contributed by atoms with Gasteiger partial charge in [0.05, 0.1) is 16.2 Å². The first-order chi connectivity index (χ1) is 18.0. The Hall–Kier alpha value is 0.870. The molecule has 0 radical (unpaired) electrons. The zero-order valence-corrected chi connectivity index (χ0v) is 28.7. The van der Waals surface area contributed by atoms with E-state index in [1.165, 1.54) is 161 Å².